The monoisotopic (exact) mass is 422 g/mol. The van der Waals surface area contributed by atoms with E-state index in [9.17, 15) is 14.4 Å². The fourth-order valence-electron chi connectivity index (χ4n) is 3.54. The number of likely N-dealkylation sites (N-methyl/N-ethyl adjacent to an activating group) is 1. The quantitative estimate of drug-likeness (QED) is 0.708. The third kappa shape index (κ3) is 6.47. The summed E-state index contributed by atoms with van der Waals surface area (Å²) in [6.07, 6.45) is 0.309. The summed E-state index contributed by atoms with van der Waals surface area (Å²) in [6.45, 7) is 5.32. The lowest BCUT2D eigenvalue weighted by Gasteiger charge is -2.34. The summed E-state index contributed by atoms with van der Waals surface area (Å²) < 4.78 is 0. The molecule has 1 fully saturated rings. The van der Waals surface area contributed by atoms with Crippen LogP contribution in [0.2, 0.25) is 0 Å². The molecule has 3 rings (SSSR count). The second kappa shape index (κ2) is 10.8. The van der Waals surface area contributed by atoms with E-state index in [0.717, 1.165) is 31.9 Å². The summed E-state index contributed by atoms with van der Waals surface area (Å²) in [5, 5.41) is 2.88. The Morgan fingerprint density at radius 3 is 2.23 bits per heavy atom. The predicted molar refractivity (Wildman–Crippen MR) is 123 cm³/mol. The number of nitrogens with zero attached hydrogens (tertiary/aromatic N) is 3. The van der Waals surface area contributed by atoms with E-state index in [-0.39, 0.29) is 30.4 Å². The van der Waals surface area contributed by atoms with Gasteiger partial charge in [0.2, 0.25) is 11.8 Å². The molecule has 1 aliphatic rings. The van der Waals surface area contributed by atoms with Crippen molar-refractivity contribution in [3.8, 4) is 0 Å². The van der Waals surface area contributed by atoms with E-state index in [1.165, 1.54) is 6.92 Å². The molecule has 0 aromatic heterocycles. The fraction of sp³-hybridized carbons (Fsp3) is 0.375. The zero-order chi connectivity index (χ0) is 22.2. The van der Waals surface area contributed by atoms with Crippen molar-refractivity contribution in [3.63, 3.8) is 0 Å². The molecule has 31 heavy (non-hydrogen) atoms. The zero-order valence-corrected chi connectivity index (χ0v) is 18.2. The molecule has 1 saturated heterocycles. The Kier molecular flexibility index (Phi) is 7.92. The number of amides is 2. The molecule has 0 radical (unpaired) electrons. The lowest BCUT2D eigenvalue weighted by molar-refractivity contribution is -0.121. The number of anilines is 3. The lowest BCUT2D eigenvalue weighted by atomic mass is 10.1. The van der Waals surface area contributed by atoms with Crippen molar-refractivity contribution >= 4 is 34.7 Å². The largest absolute Gasteiger partial charge is 0.324 e. The smallest absolute Gasteiger partial charge is 0.245 e. The van der Waals surface area contributed by atoms with Gasteiger partial charge < -0.3 is 15.0 Å². The van der Waals surface area contributed by atoms with Crippen LogP contribution in [0.1, 0.15) is 19.8 Å². The number of para-hydroxylation sites is 3. The Morgan fingerprint density at radius 2 is 1.55 bits per heavy atom. The lowest BCUT2D eigenvalue weighted by Crippen LogP contribution is -2.48. The summed E-state index contributed by atoms with van der Waals surface area (Å²) in [7, 11) is 2.08. The van der Waals surface area contributed by atoms with Crippen LogP contribution in [-0.2, 0) is 14.4 Å². The van der Waals surface area contributed by atoms with Crippen LogP contribution in [0.25, 0.3) is 0 Å². The number of piperazine rings is 1. The summed E-state index contributed by atoms with van der Waals surface area (Å²) >= 11 is 0. The van der Waals surface area contributed by atoms with Crippen molar-refractivity contribution in [2.45, 2.75) is 19.8 Å². The number of Topliss-reactive ketones (excluding diaryl/α,β-unsaturated/α-hetero) is 1. The van der Waals surface area contributed by atoms with Crippen molar-refractivity contribution in [2.24, 2.45) is 0 Å². The summed E-state index contributed by atoms with van der Waals surface area (Å²) in [6, 6.07) is 16.7. The maximum atomic E-state index is 13.5. The highest BCUT2D eigenvalue weighted by Gasteiger charge is 2.25. The van der Waals surface area contributed by atoms with Gasteiger partial charge in [-0.15, -0.1) is 0 Å². The number of ketones is 1. The Morgan fingerprint density at radius 1 is 0.903 bits per heavy atom. The molecule has 0 bridgehead atoms. The third-order valence-electron chi connectivity index (χ3n) is 5.34. The van der Waals surface area contributed by atoms with Crippen molar-refractivity contribution in [3.05, 3.63) is 54.6 Å². The van der Waals surface area contributed by atoms with E-state index in [1.54, 1.807) is 11.0 Å². The van der Waals surface area contributed by atoms with Crippen LogP contribution in [0, 0.1) is 0 Å². The number of carbonyl (C=O) groups excluding carboxylic acids is 3. The topological polar surface area (TPSA) is 73.0 Å². The van der Waals surface area contributed by atoms with Crippen LogP contribution >= 0.6 is 0 Å². The van der Waals surface area contributed by atoms with Crippen LogP contribution in [-0.4, -0.2) is 67.2 Å². The molecular formula is C24H30N4O3. The SMILES string of the molecule is CC(=O)CCC(=O)Nc1ccccc1N(C(=O)CN1CCN(C)CC1)c1ccccc1. The highest BCUT2D eigenvalue weighted by Crippen LogP contribution is 2.32. The molecule has 1 heterocycles. The van der Waals surface area contributed by atoms with Gasteiger partial charge in [0.25, 0.3) is 0 Å². The predicted octanol–water partition coefficient (Wildman–Crippen LogP) is 2.91. The van der Waals surface area contributed by atoms with Crippen LogP contribution in [0.5, 0.6) is 0 Å². The van der Waals surface area contributed by atoms with Gasteiger partial charge in [-0.05, 0) is 38.2 Å². The van der Waals surface area contributed by atoms with Gasteiger partial charge in [-0.25, -0.2) is 0 Å². The molecule has 0 saturated carbocycles. The van der Waals surface area contributed by atoms with Gasteiger partial charge in [-0.3, -0.25) is 19.4 Å². The highest BCUT2D eigenvalue weighted by atomic mass is 16.2. The molecule has 7 heteroatoms. The van der Waals surface area contributed by atoms with E-state index >= 15 is 0 Å². The molecule has 2 amide bonds. The second-order valence-corrected chi connectivity index (χ2v) is 7.91. The first kappa shape index (κ1) is 22.7. The first-order valence-electron chi connectivity index (χ1n) is 10.6. The average Bonchev–Trinajstić information content (AvgIpc) is 2.76. The molecule has 164 valence electrons. The maximum Gasteiger partial charge on any atom is 0.245 e. The number of hydrogen-bond acceptors (Lipinski definition) is 5. The number of benzene rings is 2. The summed E-state index contributed by atoms with van der Waals surface area (Å²) in [5.74, 6) is -0.333. The van der Waals surface area contributed by atoms with E-state index in [0.29, 0.717) is 17.9 Å². The molecule has 2 aromatic rings. The van der Waals surface area contributed by atoms with E-state index in [2.05, 4.69) is 22.2 Å². The molecule has 1 aliphatic heterocycles. The van der Waals surface area contributed by atoms with Gasteiger partial charge in [0, 0.05) is 44.7 Å². The van der Waals surface area contributed by atoms with Crippen molar-refractivity contribution < 1.29 is 14.4 Å². The minimum absolute atomic E-state index is 0.0308. The molecule has 0 spiro atoms. The molecule has 2 aromatic carbocycles. The zero-order valence-electron chi connectivity index (χ0n) is 18.2. The van der Waals surface area contributed by atoms with Gasteiger partial charge >= 0.3 is 0 Å². The first-order chi connectivity index (χ1) is 14.9. The maximum absolute atomic E-state index is 13.5. The molecule has 7 nitrogen and oxygen atoms in total. The standard InChI is InChI=1S/C24H30N4O3/c1-19(29)12-13-23(30)25-21-10-6-7-11-22(21)28(20-8-4-3-5-9-20)24(31)18-27-16-14-26(2)15-17-27/h3-11H,12-18H2,1-2H3,(H,25,30). The number of carbonyl (C=O) groups is 3. The molecule has 0 unspecified atom stereocenters. The van der Waals surface area contributed by atoms with Crippen LogP contribution in [0.15, 0.2) is 54.6 Å². The minimum atomic E-state index is -0.248. The fourth-order valence-corrected chi connectivity index (χ4v) is 3.54. The number of nitrogens with one attached hydrogen (secondary N) is 1. The Hall–Kier alpha value is -3.03. The van der Waals surface area contributed by atoms with E-state index in [4.69, 9.17) is 0 Å². The highest BCUT2D eigenvalue weighted by molar-refractivity contribution is 6.06. The first-order valence-corrected chi connectivity index (χ1v) is 10.6. The number of hydrogen-bond donors (Lipinski definition) is 1. The second-order valence-electron chi connectivity index (χ2n) is 7.91. The average molecular weight is 423 g/mol. The van der Waals surface area contributed by atoms with Gasteiger partial charge in [-0.2, -0.15) is 0 Å². The molecule has 0 aliphatic carbocycles. The van der Waals surface area contributed by atoms with Crippen LogP contribution < -0.4 is 10.2 Å². The van der Waals surface area contributed by atoms with E-state index < -0.39 is 0 Å². The number of rotatable bonds is 8. The van der Waals surface area contributed by atoms with E-state index in [1.807, 2.05) is 48.5 Å². The van der Waals surface area contributed by atoms with Gasteiger partial charge in [0.05, 0.1) is 17.9 Å². The van der Waals surface area contributed by atoms with Crippen molar-refractivity contribution in [1.29, 1.82) is 0 Å². The van der Waals surface area contributed by atoms with Crippen LogP contribution in [0.3, 0.4) is 0 Å². The Labute approximate surface area is 183 Å². The third-order valence-corrected chi connectivity index (χ3v) is 5.34. The minimum Gasteiger partial charge on any atom is -0.324 e. The van der Waals surface area contributed by atoms with Gasteiger partial charge in [-0.1, -0.05) is 30.3 Å². The van der Waals surface area contributed by atoms with Crippen molar-refractivity contribution in [1.82, 2.24) is 9.80 Å². The molecule has 1 N–H and O–H groups in total. The Balaban J connectivity index is 1.85. The molecular weight excluding hydrogens is 392 g/mol. The van der Waals surface area contributed by atoms with Gasteiger partial charge in [0.1, 0.15) is 5.78 Å². The Bertz CT molecular complexity index is 908. The van der Waals surface area contributed by atoms with Crippen molar-refractivity contribution in [2.75, 3.05) is 50.0 Å². The normalized spacial score (nSPS) is 14.8. The summed E-state index contributed by atoms with van der Waals surface area (Å²) in [5.41, 5.74) is 1.91. The van der Waals surface area contributed by atoms with Gasteiger partial charge in [0.15, 0.2) is 0 Å². The molecule has 0 atom stereocenters. The summed E-state index contributed by atoms with van der Waals surface area (Å²) in [4.78, 5) is 43.1. The van der Waals surface area contributed by atoms with Crippen LogP contribution in [0.4, 0.5) is 17.1 Å².